The number of rotatable bonds is 2. The first-order valence-electron chi connectivity index (χ1n) is 7.16. The van der Waals surface area contributed by atoms with Crippen LogP contribution in [0.15, 0.2) is 18.5 Å². The monoisotopic (exact) mass is 287 g/mol. The molecule has 0 bridgehead atoms. The smallest absolute Gasteiger partial charge is 0.255 e. The van der Waals surface area contributed by atoms with Crippen molar-refractivity contribution >= 4 is 5.91 Å². The van der Waals surface area contributed by atoms with Crippen molar-refractivity contribution in [2.24, 2.45) is 0 Å². The van der Waals surface area contributed by atoms with Gasteiger partial charge < -0.3 is 14.9 Å². The van der Waals surface area contributed by atoms with E-state index in [1.165, 1.54) is 0 Å². The first-order valence-corrected chi connectivity index (χ1v) is 7.16. The second-order valence-corrected chi connectivity index (χ2v) is 5.32. The van der Waals surface area contributed by atoms with Gasteiger partial charge in [-0.25, -0.2) is 0 Å². The standard InChI is InChI=1S/C16H21N3O2/c1-13-12-19(7-6-18(13)2)16(21)15-9-14(10-17-11-15)5-3-4-8-20/h9-11,13,20H,4,6-8,12H2,1-2H3. The van der Waals surface area contributed by atoms with Gasteiger partial charge in [0.1, 0.15) is 0 Å². The number of aromatic nitrogens is 1. The minimum absolute atomic E-state index is 0.00765. The summed E-state index contributed by atoms with van der Waals surface area (Å²) in [6.45, 7) is 4.51. The van der Waals surface area contributed by atoms with E-state index in [0.29, 0.717) is 23.6 Å². The third kappa shape index (κ3) is 4.03. The van der Waals surface area contributed by atoms with Gasteiger partial charge in [-0.1, -0.05) is 11.8 Å². The van der Waals surface area contributed by atoms with Gasteiger partial charge in [-0.15, -0.1) is 0 Å². The first kappa shape index (κ1) is 15.5. The van der Waals surface area contributed by atoms with Crippen molar-refractivity contribution < 1.29 is 9.90 Å². The molecule has 1 N–H and O–H groups in total. The number of carbonyl (C=O) groups excluding carboxylic acids is 1. The Bertz CT molecular complexity index is 562. The fourth-order valence-electron chi connectivity index (χ4n) is 2.26. The maximum Gasteiger partial charge on any atom is 0.255 e. The van der Waals surface area contributed by atoms with Crippen LogP contribution in [0.2, 0.25) is 0 Å². The Hall–Kier alpha value is -1.90. The highest BCUT2D eigenvalue weighted by molar-refractivity contribution is 5.94. The maximum absolute atomic E-state index is 12.5. The van der Waals surface area contributed by atoms with Gasteiger partial charge in [0, 0.05) is 50.1 Å². The Kier molecular flexibility index (Phi) is 5.32. The Labute approximate surface area is 125 Å². The van der Waals surface area contributed by atoms with Gasteiger partial charge in [-0.05, 0) is 20.0 Å². The van der Waals surface area contributed by atoms with E-state index in [1.807, 2.05) is 4.90 Å². The van der Waals surface area contributed by atoms with Gasteiger partial charge in [0.2, 0.25) is 0 Å². The lowest BCUT2D eigenvalue weighted by Crippen LogP contribution is -2.52. The lowest BCUT2D eigenvalue weighted by Gasteiger charge is -2.37. The highest BCUT2D eigenvalue weighted by Gasteiger charge is 2.25. The predicted octanol–water partition coefficient (Wildman–Crippen LogP) is 0.592. The average molecular weight is 287 g/mol. The number of hydrogen-bond acceptors (Lipinski definition) is 4. The zero-order chi connectivity index (χ0) is 15.2. The van der Waals surface area contributed by atoms with Crippen LogP contribution in [-0.4, -0.2) is 65.1 Å². The van der Waals surface area contributed by atoms with Gasteiger partial charge in [0.15, 0.2) is 0 Å². The zero-order valence-corrected chi connectivity index (χ0v) is 12.5. The van der Waals surface area contributed by atoms with Crippen molar-refractivity contribution in [3.8, 4) is 11.8 Å². The summed E-state index contributed by atoms with van der Waals surface area (Å²) in [5.74, 6) is 5.75. The maximum atomic E-state index is 12.5. The third-order valence-electron chi connectivity index (χ3n) is 3.70. The summed E-state index contributed by atoms with van der Waals surface area (Å²) in [5, 5.41) is 8.72. The molecule has 1 aliphatic rings. The quantitative estimate of drug-likeness (QED) is 0.809. The number of pyridine rings is 1. The van der Waals surface area contributed by atoms with Crippen LogP contribution in [0.4, 0.5) is 0 Å². The predicted molar refractivity (Wildman–Crippen MR) is 80.8 cm³/mol. The summed E-state index contributed by atoms with van der Waals surface area (Å²) in [5.41, 5.74) is 1.28. The van der Waals surface area contributed by atoms with E-state index in [2.05, 4.69) is 35.7 Å². The first-order chi connectivity index (χ1) is 10.1. The van der Waals surface area contributed by atoms with Gasteiger partial charge >= 0.3 is 0 Å². The molecule has 0 saturated carbocycles. The van der Waals surface area contributed by atoms with E-state index in [-0.39, 0.29) is 12.5 Å². The topological polar surface area (TPSA) is 56.7 Å². The molecule has 0 aliphatic carbocycles. The summed E-state index contributed by atoms with van der Waals surface area (Å²) in [4.78, 5) is 20.7. The molecule has 0 radical (unpaired) electrons. The number of aliphatic hydroxyl groups is 1. The van der Waals surface area contributed by atoms with Gasteiger partial charge in [0.05, 0.1) is 12.2 Å². The molecular formula is C16H21N3O2. The molecule has 1 atom stereocenters. The minimum atomic E-state index is 0.00765. The summed E-state index contributed by atoms with van der Waals surface area (Å²) in [7, 11) is 2.07. The number of piperazine rings is 1. The molecule has 1 aromatic heterocycles. The Balaban J connectivity index is 2.09. The molecule has 5 heteroatoms. The van der Waals surface area contributed by atoms with Crippen molar-refractivity contribution in [3.63, 3.8) is 0 Å². The second-order valence-electron chi connectivity index (χ2n) is 5.32. The molecule has 1 aliphatic heterocycles. The summed E-state index contributed by atoms with van der Waals surface area (Å²) in [6.07, 6.45) is 3.64. The van der Waals surface area contributed by atoms with Crippen molar-refractivity contribution in [2.75, 3.05) is 33.3 Å². The van der Waals surface area contributed by atoms with Crippen LogP contribution >= 0.6 is 0 Å². The molecule has 1 aromatic rings. The SMILES string of the molecule is CC1CN(C(=O)c2cncc(C#CCCO)c2)CCN1C. The second kappa shape index (κ2) is 7.21. The summed E-state index contributed by atoms with van der Waals surface area (Å²) in [6, 6.07) is 2.13. The Morgan fingerprint density at radius 1 is 1.48 bits per heavy atom. The molecule has 0 spiro atoms. The van der Waals surface area contributed by atoms with Gasteiger partial charge in [-0.2, -0.15) is 0 Å². The molecule has 21 heavy (non-hydrogen) atoms. The number of hydrogen-bond donors (Lipinski definition) is 1. The third-order valence-corrected chi connectivity index (χ3v) is 3.70. The zero-order valence-electron chi connectivity index (χ0n) is 12.5. The van der Waals surface area contributed by atoms with Gasteiger partial charge in [0.25, 0.3) is 5.91 Å². The molecule has 0 aromatic carbocycles. The molecule has 112 valence electrons. The van der Waals surface area contributed by atoms with Crippen molar-refractivity contribution in [2.45, 2.75) is 19.4 Å². The van der Waals surface area contributed by atoms with Crippen LogP contribution in [0.25, 0.3) is 0 Å². The Morgan fingerprint density at radius 2 is 2.29 bits per heavy atom. The number of amides is 1. The van der Waals surface area contributed by atoms with Crippen LogP contribution < -0.4 is 0 Å². The van der Waals surface area contributed by atoms with E-state index in [9.17, 15) is 4.79 Å². The van der Waals surface area contributed by atoms with Crippen molar-refractivity contribution in [1.29, 1.82) is 0 Å². The van der Waals surface area contributed by atoms with Crippen molar-refractivity contribution in [1.82, 2.24) is 14.8 Å². The van der Waals surface area contributed by atoms with Crippen LogP contribution in [0.5, 0.6) is 0 Å². The van der Waals surface area contributed by atoms with Crippen LogP contribution in [0.3, 0.4) is 0 Å². The summed E-state index contributed by atoms with van der Waals surface area (Å²) >= 11 is 0. The Morgan fingerprint density at radius 3 is 3.00 bits per heavy atom. The molecule has 1 unspecified atom stereocenters. The molecule has 2 heterocycles. The highest BCUT2D eigenvalue weighted by atomic mass is 16.2. The van der Waals surface area contributed by atoms with Crippen LogP contribution in [-0.2, 0) is 0 Å². The van der Waals surface area contributed by atoms with E-state index in [4.69, 9.17) is 5.11 Å². The molecule has 5 nitrogen and oxygen atoms in total. The average Bonchev–Trinajstić information content (AvgIpc) is 2.50. The lowest BCUT2D eigenvalue weighted by atomic mass is 10.1. The van der Waals surface area contributed by atoms with Crippen LogP contribution in [0, 0.1) is 11.8 Å². The van der Waals surface area contributed by atoms with E-state index >= 15 is 0 Å². The highest BCUT2D eigenvalue weighted by Crippen LogP contribution is 2.12. The normalized spacial score (nSPS) is 19.0. The van der Waals surface area contributed by atoms with Crippen molar-refractivity contribution in [3.05, 3.63) is 29.6 Å². The largest absolute Gasteiger partial charge is 0.395 e. The fourth-order valence-corrected chi connectivity index (χ4v) is 2.26. The summed E-state index contributed by atoms with van der Waals surface area (Å²) < 4.78 is 0. The van der Waals surface area contributed by atoms with E-state index < -0.39 is 0 Å². The number of aliphatic hydroxyl groups excluding tert-OH is 1. The van der Waals surface area contributed by atoms with Gasteiger partial charge in [-0.3, -0.25) is 9.78 Å². The molecular weight excluding hydrogens is 266 g/mol. The lowest BCUT2D eigenvalue weighted by molar-refractivity contribution is 0.0572. The van der Waals surface area contributed by atoms with E-state index in [1.54, 1.807) is 18.5 Å². The number of carbonyl (C=O) groups is 1. The molecule has 1 saturated heterocycles. The number of nitrogens with zero attached hydrogens (tertiary/aromatic N) is 3. The fraction of sp³-hybridized carbons (Fsp3) is 0.500. The molecule has 1 fully saturated rings. The van der Waals surface area contributed by atoms with E-state index in [0.717, 1.165) is 19.6 Å². The van der Waals surface area contributed by atoms with Crippen LogP contribution in [0.1, 0.15) is 29.3 Å². The minimum Gasteiger partial charge on any atom is -0.395 e. The molecule has 2 rings (SSSR count). The number of likely N-dealkylation sites (N-methyl/N-ethyl adjacent to an activating group) is 1. The molecule has 1 amide bonds.